The summed E-state index contributed by atoms with van der Waals surface area (Å²) in [4.78, 5) is 44.5. The fraction of sp³-hybridized carbons (Fsp3) is 0.360. The van der Waals surface area contributed by atoms with Gasteiger partial charge in [-0.15, -0.1) is 0 Å². The van der Waals surface area contributed by atoms with Crippen molar-refractivity contribution < 1.29 is 14.3 Å². The second-order valence-corrected chi connectivity index (χ2v) is 8.93. The molecule has 4 rings (SSSR count). The zero-order valence-corrected chi connectivity index (χ0v) is 19.4. The number of fused-ring (bicyclic) bond motifs is 1. The molecule has 0 spiro atoms. The van der Waals surface area contributed by atoms with Crippen LogP contribution in [0.5, 0.6) is 0 Å². The molecular weight excluding hydrogens is 438 g/mol. The van der Waals surface area contributed by atoms with Crippen LogP contribution in [0.3, 0.4) is 0 Å². The van der Waals surface area contributed by atoms with Crippen LogP contribution in [-0.2, 0) is 20.9 Å². The molecule has 2 aromatic carbocycles. The number of nitrogens with zero attached hydrogens (tertiary/aromatic N) is 3. The molecule has 0 N–H and O–H groups in total. The van der Waals surface area contributed by atoms with Gasteiger partial charge in [-0.05, 0) is 37.5 Å². The van der Waals surface area contributed by atoms with Gasteiger partial charge in [0.05, 0.1) is 35.7 Å². The summed E-state index contributed by atoms with van der Waals surface area (Å²) in [5.41, 5.74) is 1.50. The SMILES string of the molecule is CCOC(=O)C1CCN(C(=O)CSc2nc3ccccc3c(=O)n2Cc2ccccc2)CC1. The summed E-state index contributed by atoms with van der Waals surface area (Å²) in [6, 6.07) is 17.0. The lowest BCUT2D eigenvalue weighted by molar-refractivity contribution is -0.151. The average molecular weight is 466 g/mol. The number of rotatable bonds is 7. The lowest BCUT2D eigenvalue weighted by Gasteiger charge is -2.30. The van der Waals surface area contributed by atoms with Crippen molar-refractivity contribution in [3.63, 3.8) is 0 Å². The third-order valence-electron chi connectivity index (χ3n) is 5.80. The molecule has 0 radical (unpaired) electrons. The molecule has 1 aliphatic rings. The molecule has 1 saturated heterocycles. The standard InChI is InChI=1S/C25H27N3O4S/c1-2-32-24(31)19-12-14-27(15-13-19)22(29)17-33-25-26-21-11-7-6-10-20(21)23(30)28(25)16-18-8-4-3-5-9-18/h3-11,19H,2,12-17H2,1H3. The highest BCUT2D eigenvalue weighted by Gasteiger charge is 2.28. The van der Waals surface area contributed by atoms with Crippen LogP contribution in [0, 0.1) is 5.92 Å². The second kappa shape index (κ2) is 10.7. The van der Waals surface area contributed by atoms with E-state index in [1.54, 1.807) is 22.5 Å². The molecule has 1 aliphatic heterocycles. The van der Waals surface area contributed by atoms with Crippen LogP contribution in [-0.4, -0.2) is 51.8 Å². The topological polar surface area (TPSA) is 81.5 Å². The number of carbonyl (C=O) groups is 2. The van der Waals surface area contributed by atoms with Gasteiger partial charge in [0.2, 0.25) is 5.91 Å². The van der Waals surface area contributed by atoms with Crippen molar-refractivity contribution in [2.75, 3.05) is 25.4 Å². The van der Waals surface area contributed by atoms with Gasteiger partial charge in [-0.25, -0.2) is 4.98 Å². The fourth-order valence-corrected chi connectivity index (χ4v) is 4.91. The maximum Gasteiger partial charge on any atom is 0.309 e. The fourth-order valence-electron chi connectivity index (χ4n) is 4.01. The Hall–Kier alpha value is -3.13. The number of amides is 1. The minimum absolute atomic E-state index is 0.0176. The van der Waals surface area contributed by atoms with E-state index in [1.807, 2.05) is 48.5 Å². The van der Waals surface area contributed by atoms with Crippen LogP contribution in [0.4, 0.5) is 0 Å². The summed E-state index contributed by atoms with van der Waals surface area (Å²) in [6.45, 7) is 3.62. The van der Waals surface area contributed by atoms with E-state index >= 15 is 0 Å². The molecule has 1 aromatic heterocycles. The Labute approximate surface area is 196 Å². The number of esters is 1. The van der Waals surface area contributed by atoms with Crippen molar-refractivity contribution in [3.05, 3.63) is 70.5 Å². The van der Waals surface area contributed by atoms with Crippen LogP contribution in [0.2, 0.25) is 0 Å². The average Bonchev–Trinajstić information content (AvgIpc) is 2.85. The van der Waals surface area contributed by atoms with E-state index in [1.165, 1.54) is 11.8 Å². The molecule has 1 fully saturated rings. The summed E-state index contributed by atoms with van der Waals surface area (Å²) in [5, 5.41) is 1.09. The number of thioether (sulfide) groups is 1. The number of piperidine rings is 1. The highest BCUT2D eigenvalue weighted by molar-refractivity contribution is 7.99. The molecule has 0 atom stereocenters. The molecule has 2 heterocycles. The Morgan fingerprint density at radius 1 is 1.06 bits per heavy atom. The predicted molar refractivity (Wildman–Crippen MR) is 128 cm³/mol. The van der Waals surface area contributed by atoms with E-state index in [-0.39, 0.29) is 29.1 Å². The first-order valence-electron chi connectivity index (χ1n) is 11.2. The third kappa shape index (κ3) is 5.45. The van der Waals surface area contributed by atoms with Gasteiger partial charge in [-0.2, -0.15) is 0 Å². The molecule has 33 heavy (non-hydrogen) atoms. The van der Waals surface area contributed by atoms with Crippen molar-refractivity contribution in [2.24, 2.45) is 5.92 Å². The van der Waals surface area contributed by atoms with E-state index in [2.05, 4.69) is 0 Å². The summed E-state index contributed by atoms with van der Waals surface area (Å²) in [7, 11) is 0. The van der Waals surface area contributed by atoms with Crippen molar-refractivity contribution in [1.82, 2.24) is 14.5 Å². The highest BCUT2D eigenvalue weighted by Crippen LogP contribution is 2.22. The number of benzene rings is 2. The van der Waals surface area contributed by atoms with Crippen LogP contribution >= 0.6 is 11.8 Å². The van der Waals surface area contributed by atoms with E-state index < -0.39 is 0 Å². The number of carbonyl (C=O) groups excluding carboxylic acids is 2. The molecule has 0 bridgehead atoms. The van der Waals surface area contributed by atoms with Gasteiger partial charge in [0.25, 0.3) is 5.56 Å². The molecule has 0 aliphatic carbocycles. The Morgan fingerprint density at radius 2 is 1.76 bits per heavy atom. The third-order valence-corrected chi connectivity index (χ3v) is 6.76. The Morgan fingerprint density at radius 3 is 2.48 bits per heavy atom. The largest absolute Gasteiger partial charge is 0.466 e. The van der Waals surface area contributed by atoms with Gasteiger partial charge in [-0.3, -0.25) is 19.0 Å². The van der Waals surface area contributed by atoms with Gasteiger partial charge in [0.15, 0.2) is 5.16 Å². The lowest BCUT2D eigenvalue weighted by Crippen LogP contribution is -2.41. The van der Waals surface area contributed by atoms with E-state index in [4.69, 9.17) is 9.72 Å². The number of ether oxygens (including phenoxy) is 1. The first kappa shape index (κ1) is 23.0. The van der Waals surface area contributed by atoms with Gasteiger partial charge >= 0.3 is 5.97 Å². The van der Waals surface area contributed by atoms with Crippen molar-refractivity contribution >= 4 is 34.5 Å². The minimum Gasteiger partial charge on any atom is -0.466 e. The summed E-state index contributed by atoms with van der Waals surface area (Å²) in [6.07, 6.45) is 1.23. The molecule has 1 amide bonds. The molecule has 3 aromatic rings. The Balaban J connectivity index is 1.49. The maximum atomic E-state index is 13.2. The molecule has 7 nitrogen and oxygen atoms in total. The number of likely N-dealkylation sites (tertiary alicyclic amines) is 1. The van der Waals surface area contributed by atoms with Gasteiger partial charge in [0, 0.05) is 13.1 Å². The quantitative estimate of drug-likeness (QED) is 0.302. The van der Waals surface area contributed by atoms with Crippen molar-refractivity contribution in [1.29, 1.82) is 0 Å². The van der Waals surface area contributed by atoms with Gasteiger partial charge < -0.3 is 9.64 Å². The number of hydrogen-bond donors (Lipinski definition) is 0. The van der Waals surface area contributed by atoms with Crippen LogP contribution < -0.4 is 5.56 Å². The number of aromatic nitrogens is 2. The molecule has 172 valence electrons. The minimum atomic E-state index is -0.177. The van der Waals surface area contributed by atoms with Crippen LogP contribution in [0.15, 0.2) is 64.5 Å². The summed E-state index contributed by atoms with van der Waals surface area (Å²) in [5.74, 6) is -0.149. The number of para-hydroxylation sites is 1. The molecule has 8 heteroatoms. The first-order chi connectivity index (χ1) is 16.1. The van der Waals surface area contributed by atoms with E-state index in [9.17, 15) is 14.4 Å². The predicted octanol–water partition coefficient (Wildman–Crippen LogP) is 3.34. The van der Waals surface area contributed by atoms with E-state index in [0.29, 0.717) is 55.1 Å². The van der Waals surface area contributed by atoms with Crippen molar-refractivity contribution in [3.8, 4) is 0 Å². The first-order valence-corrected chi connectivity index (χ1v) is 12.2. The lowest BCUT2D eigenvalue weighted by atomic mass is 9.97. The highest BCUT2D eigenvalue weighted by atomic mass is 32.2. The van der Waals surface area contributed by atoms with Crippen molar-refractivity contribution in [2.45, 2.75) is 31.5 Å². The zero-order chi connectivity index (χ0) is 23.2. The monoisotopic (exact) mass is 465 g/mol. The molecule has 0 unspecified atom stereocenters. The Bertz CT molecular complexity index is 1190. The van der Waals surface area contributed by atoms with Crippen LogP contribution in [0.1, 0.15) is 25.3 Å². The van der Waals surface area contributed by atoms with Crippen LogP contribution in [0.25, 0.3) is 10.9 Å². The summed E-state index contributed by atoms with van der Waals surface area (Å²) >= 11 is 1.28. The second-order valence-electron chi connectivity index (χ2n) is 7.98. The Kier molecular flexibility index (Phi) is 7.44. The number of hydrogen-bond acceptors (Lipinski definition) is 6. The maximum absolute atomic E-state index is 13.2. The normalized spacial score (nSPS) is 14.4. The molecular formula is C25H27N3O4S. The zero-order valence-electron chi connectivity index (χ0n) is 18.6. The van der Waals surface area contributed by atoms with E-state index in [0.717, 1.165) is 5.56 Å². The molecule has 0 saturated carbocycles. The smallest absolute Gasteiger partial charge is 0.309 e. The van der Waals surface area contributed by atoms with Gasteiger partial charge in [0.1, 0.15) is 0 Å². The summed E-state index contributed by atoms with van der Waals surface area (Å²) < 4.78 is 6.75. The van der Waals surface area contributed by atoms with Gasteiger partial charge in [-0.1, -0.05) is 54.2 Å².